The first kappa shape index (κ1) is 15.8. The Morgan fingerprint density at radius 2 is 2.08 bits per heavy atom. The second kappa shape index (κ2) is 6.64. The molecule has 0 atom stereocenters. The number of carbonyl (C=O) groups is 1. The second-order valence-electron chi connectivity index (χ2n) is 6.12. The third-order valence-electron chi connectivity index (χ3n) is 4.46. The number of carbonyl (C=O) groups excluding carboxylic acids is 1. The van der Waals surface area contributed by atoms with Gasteiger partial charge in [-0.05, 0) is 23.8 Å². The normalized spacial score (nSPS) is 14.8. The van der Waals surface area contributed by atoms with E-state index in [2.05, 4.69) is 21.9 Å². The van der Waals surface area contributed by atoms with E-state index in [4.69, 9.17) is 4.74 Å². The summed E-state index contributed by atoms with van der Waals surface area (Å²) in [6.07, 6.45) is 2.65. The number of aromatic nitrogens is 3. The van der Waals surface area contributed by atoms with Gasteiger partial charge in [0.05, 0.1) is 18.7 Å². The van der Waals surface area contributed by atoms with Crippen molar-refractivity contribution in [2.75, 3.05) is 26.3 Å². The minimum Gasteiger partial charge on any atom is -0.378 e. The fraction of sp³-hybridized carbons (Fsp3) is 0.316. The summed E-state index contributed by atoms with van der Waals surface area (Å²) in [5.74, 6) is 0.977. The Morgan fingerprint density at radius 1 is 1.24 bits per heavy atom. The highest BCUT2D eigenvalue weighted by Gasteiger charge is 2.18. The van der Waals surface area contributed by atoms with Crippen LogP contribution >= 0.6 is 0 Å². The molecule has 2 aromatic heterocycles. The van der Waals surface area contributed by atoms with Crippen LogP contribution in [-0.2, 0) is 11.2 Å². The molecule has 1 aliphatic rings. The Bertz CT molecular complexity index is 913. The number of morpholine rings is 1. The van der Waals surface area contributed by atoms with Crippen LogP contribution in [0.5, 0.6) is 0 Å². The van der Waals surface area contributed by atoms with E-state index in [-0.39, 0.29) is 5.91 Å². The summed E-state index contributed by atoms with van der Waals surface area (Å²) in [6, 6.07) is 9.73. The highest BCUT2D eigenvalue weighted by molar-refractivity contribution is 5.95. The first-order chi connectivity index (χ1) is 12.2. The van der Waals surface area contributed by atoms with Crippen molar-refractivity contribution in [3.8, 4) is 11.1 Å². The Balaban J connectivity index is 1.65. The van der Waals surface area contributed by atoms with Gasteiger partial charge < -0.3 is 14.6 Å². The second-order valence-corrected chi connectivity index (χ2v) is 6.12. The number of imidazole rings is 1. The van der Waals surface area contributed by atoms with E-state index in [1.54, 1.807) is 6.20 Å². The molecule has 0 bridgehead atoms. The molecule has 6 nitrogen and oxygen atoms in total. The zero-order chi connectivity index (χ0) is 17.2. The average Bonchev–Trinajstić information content (AvgIpc) is 3.10. The van der Waals surface area contributed by atoms with Crippen molar-refractivity contribution in [2.45, 2.75) is 13.3 Å². The van der Waals surface area contributed by atoms with E-state index in [1.165, 1.54) is 0 Å². The number of pyridine rings is 1. The minimum absolute atomic E-state index is 0.0500. The van der Waals surface area contributed by atoms with Crippen molar-refractivity contribution in [1.29, 1.82) is 0 Å². The van der Waals surface area contributed by atoms with E-state index in [9.17, 15) is 4.79 Å². The predicted molar refractivity (Wildman–Crippen MR) is 95.4 cm³/mol. The molecule has 6 heteroatoms. The van der Waals surface area contributed by atoms with Crippen LogP contribution in [0.3, 0.4) is 0 Å². The standard InChI is InChI=1S/C19H20N4O2/c1-2-17-21-16-11-15(12-20-18(16)22-17)13-4-3-5-14(10-13)19(24)23-6-8-25-9-7-23/h3-5,10-12H,2,6-9H2,1H3,(H,20,21,22). The van der Waals surface area contributed by atoms with Crippen molar-refractivity contribution >= 4 is 17.1 Å². The summed E-state index contributed by atoms with van der Waals surface area (Å²) in [5.41, 5.74) is 4.27. The van der Waals surface area contributed by atoms with Crippen LogP contribution in [0.2, 0.25) is 0 Å². The van der Waals surface area contributed by atoms with Gasteiger partial charge in [-0.15, -0.1) is 0 Å². The first-order valence-electron chi connectivity index (χ1n) is 8.56. The molecule has 3 heterocycles. The van der Waals surface area contributed by atoms with Crippen LogP contribution in [0.15, 0.2) is 36.5 Å². The molecule has 1 aromatic carbocycles. The number of rotatable bonds is 3. The molecule has 1 fully saturated rings. The van der Waals surface area contributed by atoms with Crippen LogP contribution in [0.1, 0.15) is 23.1 Å². The number of benzene rings is 1. The Labute approximate surface area is 145 Å². The van der Waals surface area contributed by atoms with E-state index in [0.717, 1.165) is 34.5 Å². The van der Waals surface area contributed by atoms with E-state index in [0.29, 0.717) is 31.9 Å². The lowest BCUT2D eigenvalue weighted by Gasteiger charge is -2.27. The Hall–Kier alpha value is -2.73. The molecule has 0 radical (unpaired) electrons. The lowest BCUT2D eigenvalue weighted by atomic mass is 10.0. The van der Waals surface area contributed by atoms with Crippen molar-refractivity contribution in [1.82, 2.24) is 19.9 Å². The van der Waals surface area contributed by atoms with Gasteiger partial charge in [-0.3, -0.25) is 4.79 Å². The molecular formula is C19H20N4O2. The summed E-state index contributed by atoms with van der Waals surface area (Å²) >= 11 is 0. The third-order valence-corrected chi connectivity index (χ3v) is 4.46. The van der Waals surface area contributed by atoms with Crippen molar-refractivity contribution < 1.29 is 9.53 Å². The lowest BCUT2D eigenvalue weighted by Crippen LogP contribution is -2.40. The van der Waals surface area contributed by atoms with E-state index in [1.807, 2.05) is 35.2 Å². The molecular weight excluding hydrogens is 316 g/mol. The minimum atomic E-state index is 0.0500. The third kappa shape index (κ3) is 3.13. The monoisotopic (exact) mass is 336 g/mol. The maximum atomic E-state index is 12.7. The molecule has 0 spiro atoms. The topological polar surface area (TPSA) is 71.1 Å². The quantitative estimate of drug-likeness (QED) is 0.798. The maximum absolute atomic E-state index is 12.7. The fourth-order valence-corrected chi connectivity index (χ4v) is 3.06. The van der Waals surface area contributed by atoms with Gasteiger partial charge in [-0.25, -0.2) is 9.97 Å². The van der Waals surface area contributed by atoms with Crippen molar-refractivity contribution in [3.05, 3.63) is 47.9 Å². The van der Waals surface area contributed by atoms with E-state index >= 15 is 0 Å². The van der Waals surface area contributed by atoms with Crippen LogP contribution in [0, 0.1) is 0 Å². The van der Waals surface area contributed by atoms with Crippen LogP contribution in [0.4, 0.5) is 0 Å². The number of aryl methyl sites for hydroxylation is 1. The molecule has 0 aliphatic carbocycles. The van der Waals surface area contributed by atoms with Crippen LogP contribution in [0.25, 0.3) is 22.3 Å². The number of hydrogen-bond donors (Lipinski definition) is 1. The number of aromatic amines is 1. The number of fused-ring (bicyclic) bond motifs is 1. The highest BCUT2D eigenvalue weighted by Crippen LogP contribution is 2.23. The number of H-pyrrole nitrogens is 1. The van der Waals surface area contributed by atoms with Gasteiger partial charge >= 0.3 is 0 Å². The molecule has 4 rings (SSSR count). The Kier molecular flexibility index (Phi) is 4.19. The maximum Gasteiger partial charge on any atom is 0.254 e. The zero-order valence-electron chi connectivity index (χ0n) is 14.2. The molecule has 0 saturated carbocycles. The SMILES string of the molecule is CCc1nc2ncc(-c3cccc(C(=O)N4CCOCC4)c3)cc2[nH]1. The van der Waals surface area contributed by atoms with Gasteiger partial charge in [0.15, 0.2) is 5.65 Å². The summed E-state index contributed by atoms with van der Waals surface area (Å²) in [5, 5.41) is 0. The van der Waals surface area contributed by atoms with Gasteiger partial charge in [0, 0.05) is 36.8 Å². The first-order valence-corrected chi connectivity index (χ1v) is 8.56. The van der Waals surface area contributed by atoms with Gasteiger partial charge in [-0.2, -0.15) is 0 Å². The molecule has 1 amide bonds. The molecule has 0 unspecified atom stereocenters. The molecule has 128 valence electrons. The lowest BCUT2D eigenvalue weighted by molar-refractivity contribution is 0.0303. The number of amides is 1. The van der Waals surface area contributed by atoms with Gasteiger partial charge in [0.25, 0.3) is 5.91 Å². The Morgan fingerprint density at radius 3 is 2.88 bits per heavy atom. The summed E-state index contributed by atoms with van der Waals surface area (Å²) in [7, 11) is 0. The zero-order valence-corrected chi connectivity index (χ0v) is 14.2. The smallest absolute Gasteiger partial charge is 0.254 e. The molecule has 1 N–H and O–H groups in total. The summed E-state index contributed by atoms with van der Waals surface area (Å²) in [6.45, 7) is 4.55. The van der Waals surface area contributed by atoms with Gasteiger partial charge in [0.1, 0.15) is 5.82 Å². The number of nitrogens with one attached hydrogen (secondary N) is 1. The van der Waals surface area contributed by atoms with Crippen LogP contribution in [-0.4, -0.2) is 52.1 Å². The molecule has 3 aromatic rings. The average molecular weight is 336 g/mol. The van der Waals surface area contributed by atoms with Gasteiger partial charge in [0.2, 0.25) is 0 Å². The predicted octanol–water partition coefficient (Wildman–Crippen LogP) is 2.66. The van der Waals surface area contributed by atoms with Crippen molar-refractivity contribution in [2.24, 2.45) is 0 Å². The molecule has 1 saturated heterocycles. The fourth-order valence-electron chi connectivity index (χ4n) is 3.06. The number of ether oxygens (including phenoxy) is 1. The molecule has 1 aliphatic heterocycles. The molecule has 25 heavy (non-hydrogen) atoms. The van der Waals surface area contributed by atoms with Crippen LogP contribution < -0.4 is 0 Å². The summed E-state index contributed by atoms with van der Waals surface area (Å²) in [4.78, 5) is 26.7. The van der Waals surface area contributed by atoms with Gasteiger partial charge in [-0.1, -0.05) is 19.1 Å². The largest absolute Gasteiger partial charge is 0.378 e. The van der Waals surface area contributed by atoms with E-state index < -0.39 is 0 Å². The van der Waals surface area contributed by atoms with Crippen molar-refractivity contribution in [3.63, 3.8) is 0 Å². The summed E-state index contributed by atoms with van der Waals surface area (Å²) < 4.78 is 5.32. The highest BCUT2D eigenvalue weighted by atomic mass is 16.5. The number of hydrogen-bond acceptors (Lipinski definition) is 4. The number of nitrogens with zero attached hydrogens (tertiary/aromatic N) is 3.